The van der Waals surface area contributed by atoms with Gasteiger partial charge in [0, 0.05) is 17.7 Å². The Bertz CT molecular complexity index is 1010. The van der Waals surface area contributed by atoms with Gasteiger partial charge in [0.2, 0.25) is 5.90 Å². The van der Waals surface area contributed by atoms with Crippen LogP contribution in [-0.4, -0.2) is 38.1 Å². The van der Waals surface area contributed by atoms with Gasteiger partial charge in [-0.3, -0.25) is 10.1 Å². The van der Waals surface area contributed by atoms with Crippen LogP contribution in [0.15, 0.2) is 47.1 Å². The Hall–Kier alpha value is -3.88. The summed E-state index contributed by atoms with van der Waals surface area (Å²) in [6, 6.07) is 9.12. The van der Waals surface area contributed by atoms with Gasteiger partial charge in [0.25, 0.3) is 5.69 Å². The summed E-state index contributed by atoms with van der Waals surface area (Å²) < 4.78 is 21.0. The van der Waals surface area contributed by atoms with E-state index >= 15 is 0 Å². The topological polar surface area (TPSA) is 109 Å². The molecule has 0 atom stereocenters. The minimum atomic E-state index is -0.701. The van der Waals surface area contributed by atoms with Gasteiger partial charge in [0.1, 0.15) is 5.75 Å². The number of hydrogen-bond donors (Lipinski definition) is 0. The number of hydrogen-bond acceptors (Lipinski definition) is 8. The third-order valence-electron chi connectivity index (χ3n) is 3.97. The smallest absolute Gasteiger partial charge is 0.363 e. The van der Waals surface area contributed by atoms with Crippen molar-refractivity contribution in [3.05, 3.63) is 63.3 Å². The van der Waals surface area contributed by atoms with Gasteiger partial charge in [0.05, 0.1) is 31.8 Å². The van der Waals surface area contributed by atoms with Crippen molar-refractivity contribution in [2.45, 2.75) is 0 Å². The van der Waals surface area contributed by atoms with E-state index in [1.807, 2.05) is 0 Å². The highest BCUT2D eigenvalue weighted by atomic mass is 16.6. The Morgan fingerprint density at radius 1 is 1.07 bits per heavy atom. The summed E-state index contributed by atoms with van der Waals surface area (Å²) in [7, 11) is 4.39. The van der Waals surface area contributed by atoms with E-state index in [9.17, 15) is 14.9 Å². The van der Waals surface area contributed by atoms with E-state index in [2.05, 4.69) is 4.99 Å². The van der Waals surface area contributed by atoms with Gasteiger partial charge >= 0.3 is 5.97 Å². The van der Waals surface area contributed by atoms with Gasteiger partial charge in [0.15, 0.2) is 17.2 Å². The number of methoxy groups -OCH3 is 3. The van der Waals surface area contributed by atoms with E-state index in [1.54, 1.807) is 18.2 Å². The highest BCUT2D eigenvalue weighted by molar-refractivity contribution is 6.14. The number of carbonyl (C=O) groups is 1. The predicted octanol–water partition coefficient (Wildman–Crippen LogP) is 2.97. The van der Waals surface area contributed by atoms with Crippen molar-refractivity contribution in [3.63, 3.8) is 0 Å². The lowest BCUT2D eigenvalue weighted by Crippen LogP contribution is -2.07. The molecule has 2 aromatic rings. The maximum atomic E-state index is 12.3. The first-order chi connectivity index (χ1) is 13.5. The highest BCUT2D eigenvalue weighted by Crippen LogP contribution is 2.34. The summed E-state index contributed by atoms with van der Waals surface area (Å²) in [5, 5.41) is 11.0. The molecule has 1 aliphatic rings. The van der Waals surface area contributed by atoms with Crippen molar-refractivity contribution >= 4 is 23.6 Å². The van der Waals surface area contributed by atoms with Crippen LogP contribution < -0.4 is 14.2 Å². The molecule has 9 heteroatoms. The molecule has 0 N–H and O–H groups in total. The standard InChI is InChI=1S/C19H16N2O7/c1-25-15-8-7-12(21(23)24)10-13(15)18-20-14(19(22)28-18)9-11-5-4-6-16(26-2)17(11)27-3/h4-10H,1-3H3/b14-9+. The zero-order chi connectivity index (χ0) is 20.3. The second-order valence-electron chi connectivity index (χ2n) is 5.56. The lowest BCUT2D eigenvalue weighted by molar-refractivity contribution is -0.384. The van der Waals surface area contributed by atoms with Gasteiger partial charge in [-0.15, -0.1) is 0 Å². The molecule has 1 heterocycles. The first-order valence-electron chi connectivity index (χ1n) is 8.04. The molecule has 9 nitrogen and oxygen atoms in total. The van der Waals surface area contributed by atoms with Gasteiger partial charge in [-0.05, 0) is 18.2 Å². The molecule has 1 aliphatic heterocycles. The maximum absolute atomic E-state index is 12.3. The summed E-state index contributed by atoms with van der Waals surface area (Å²) in [6.07, 6.45) is 1.49. The van der Waals surface area contributed by atoms with Crippen LogP contribution in [0, 0.1) is 10.1 Å². The van der Waals surface area contributed by atoms with Crippen molar-refractivity contribution in [2.24, 2.45) is 4.99 Å². The Labute approximate surface area is 160 Å². The third kappa shape index (κ3) is 3.50. The lowest BCUT2D eigenvalue weighted by atomic mass is 10.1. The van der Waals surface area contributed by atoms with Gasteiger partial charge in [-0.25, -0.2) is 9.79 Å². The Morgan fingerprint density at radius 2 is 1.82 bits per heavy atom. The Balaban J connectivity index is 2.06. The second-order valence-corrected chi connectivity index (χ2v) is 5.56. The zero-order valence-electron chi connectivity index (χ0n) is 15.3. The SMILES string of the molecule is COc1ccc([N+](=O)[O-])cc1C1=N/C(=C/c2cccc(OC)c2OC)C(=O)O1. The van der Waals surface area contributed by atoms with Crippen molar-refractivity contribution in [1.29, 1.82) is 0 Å². The van der Waals surface area contributed by atoms with E-state index in [0.717, 1.165) is 0 Å². The molecular formula is C19H16N2O7. The molecule has 0 radical (unpaired) electrons. The molecule has 0 bridgehead atoms. The molecule has 0 amide bonds. The number of nitro benzene ring substituents is 1. The summed E-state index contributed by atoms with van der Waals surface area (Å²) >= 11 is 0. The number of para-hydroxylation sites is 1. The third-order valence-corrected chi connectivity index (χ3v) is 3.97. The number of aliphatic imine (C=N–C) groups is 1. The first kappa shape index (κ1) is 18.9. The van der Waals surface area contributed by atoms with Gasteiger partial charge < -0.3 is 18.9 Å². The van der Waals surface area contributed by atoms with Crippen LogP contribution in [0.2, 0.25) is 0 Å². The van der Waals surface area contributed by atoms with Crippen LogP contribution in [-0.2, 0) is 9.53 Å². The predicted molar refractivity (Wildman–Crippen MR) is 99.8 cm³/mol. The van der Waals surface area contributed by atoms with Crippen molar-refractivity contribution in [1.82, 2.24) is 0 Å². The fraction of sp³-hybridized carbons (Fsp3) is 0.158. The number of ether oxygens (including phenoxy) is 4. The monoisotopic (exact) mass is 384 g/mol. The number of esters is 1. The quantitative estimate of drug-likeness (QED) is 0.326. The minimum absolute atomic E-state index is 0.00936. The Kier molecular flexibility index (Phi) is 5.25. The van der Waals surface area contributed by atoms with E-state index in [1.165, 1.54) is 45.6 Å². The van der Waals surface area contributed by atoms with E-state index in [0.29, 0.717) is 17.1 Å². The van der Waals surface area contributed by atoms with Crippen molar-refractivity contribution < 1.29 is 28.7 Å². The number of carbonyl (C=O) groups excluding carboxylic acids is 1. The van der Waals surface area contributed by atoms with Crippen molar-refractivity contribution in [3.8, 4) is 17.2 Å². The largest absolute Gasteiger partial charge is 0.496 e. The Morgan fingerprint density at radius 3 is 2.46 bits per heavy atom. The molecule has 0 fully saturated rings. The zero-order valence-corrected chi connectivity index (χ0v) is 15.3. The van der Waals surface area contributed by atoms with Gasteiger partial charge in [-0.2, -0.15) is 0 Å². The molecule has 0 saturated carbocycles. The number of non-ortho nitro benzene ring substituents is 1. The van der Waals surface area contributed by atoms with Crippen LogP contribution in [0.25, 0.3) is 6.08 Å². The fourth-order valence-corrected chi connectivity index (χ4v) is 2.67. The molecule has 144 valence electrons. The van der Waals surface area contributed by atoms with E-state index < -0.39 is 10.9 Å². The fourth-order valence-electron chi connectivity index (χ4n) is 2.67. The molecule has 3 rings (SSSR count). The molecule has 0 saturated heterocycles. The summed E-state index contributed by atoms with van der Waals surface area (Å²) in [4.78, 5) is 27.0. The van der Waals surface area contributed by atoms with Crippen LogP contribution in [0.5, 0.6) is 17.2 Å². The number of rotatable bonds is 6. The average Bonchev–Trinajstić information content (AvgIpc) is 3.07. The average molecular weight is 384 g/mol. The molecule has 28 heavy (non-hydrogen) atoms. The summed E-state index contributed by atoms with van der Waals surface area (Å²) in [5.41, 5.74) is 0.590. The highest BCUT2D eigenvalue weighted by Gasteiger charge is 2.28. The number of cyclic esters (lactones) is 1. The summed E-state index contributed by atoms with van der Waals surface area (Å²) in [6.45, 7) is 0. The molecule has 0 spiro atoms. The van der Waals surface area contributed by atoms with E-state index in [4.69, 9.17) is 18.9 Å². The molecule has 0 aromatic heterocycles. The molecule has 0 unspecified atom stereocenters. The molecular weight excluding hydrogens is 368 g/mol. The van der Waals surface area contributed by atoms with Crippen molar-refractivity contribution in [2.75, 3.05) is 21.3 Å². The molecule has 0 aliphatic carbocycles. The number of nitrogens with zero attached hydrogens (tertiary/aromatic N) is 2. The number of benzene rings is 2. The first-order valence-corrected chi connectivity index (χ1v) is 8.04. The summed E-state index contributed by atoms with van der Waals surface area (Å²) in [5.74, 6) is 0.430. The van der Waals surface area contributed by atoms with Crippen LogP contribution in [0.4, 0.5) is 5.69 Å². The lowest BCUT2D eigenvalue weighted by Gasteiger charge is -2.09. The maximum Gasteiger partial charge on any atom is 0.363 e. The van der Waals surface area contributed by atoms with Crippen LogP contribution in [0.3, 0.4) is 0 Å². The normalized spacial score (nSPS) is 14.5. The second kappa shape index (κ2) is 7.78. The minimum Gasteiger partial charge on any atom is -0.496 e. The van der Waals surface area contributed by atoms with E-state index in [-0.39, 0.29) is 28.6 Å². The molecule has 2 aromatic carbocycles. The number of nitro groups is 1. The van der Waals surface area contributed by atoms with Crippen LogP contribution >= 0.6 is 0 Å². The van der Waals surface area contributed by atoms with Gasteiger partial charge in [-0.1, -0.05) is 12.1 Å². The van der Waals surface area contributed by atoms with Crippen LogP contribution in [0.1, 0.15) is 11.1 Å².